The highest BCUT2D eigenvalue weighted by atomic mass is 19.1. The predicted octanol–water partition coefficient (Wildman–Crippen LogP) is 2.87. The summed E-state index contributed by atoms with van der Waals surface area (Å²) in [5.41, 5.74) is 0.877. The molecule has 1 fully saturated rings. The van der Waals surface area contributed by atoms with E-state index in [9.17, 15) is 4.39 Å². The van der Waals surface area contributed by atoms with Crippen molar-refractivity contribution in [3.63, 3.8) is 0 Å². The van der Waals surface area contributed by atoms with Crippen molar-refractivity contribution in [3.8, 4) is 5.75 Å². The fourth-order valence-corrected chi connectivity index (χ4v) is 2.04. The lowest BCUT2D eigenvalue weighted by Crippen LogP contribution is -2.47. The fourth-order valence-electron chi connectivity index (χ4n) is 2.04. The second kappa shape index (κ2) is 4.42. The van der Waals surface area contributed by atoms with Crippen LogP contribution in [0.1, 0.15) is 31.7 Å². The molecule has 1 aromatic rings. The molecule has 0 atom stereocenters. The maximum absolute atomic E-state index is 13.8. The molecular formula is C13H18FNO. The van der Waals surface area contributed by atoms with Crippen molar-refractivity contribution in [3.05, 3.63) is 29.6 Å². The van der Waals surface area contributed by atoms with Crippen molar-refractivity contribution in [1.29, 1.82) is 0 Å². The summed E-state index contributed by atoms with van der Waals surface area (Å²) in [7, 11) is 1.49. The third-order valence-electron chi connectivity index (χ3n) is 3.43. The molecule has 0 spiro atoms. The van der Waals surface area contributed by atoms with Gasteiger partial charge in [0, 0.05) is 17.6 Å². The van der Waals surface area contributed by atoms with Crippen LogP contribution >= 0.6 is 0 Å². The molecule has 0 saturated heterocycles. The Kier molecular flexibility index (Phi) is 3.15. The van der Waals surface area contributed by atoms with E-state index < -0.39 is 0 Å². The third kappa shape index (κ3) is 2.19. The highest BCUT2D eigenvalue weighted by Gasteiger charge is 2.30. The zero-order valence-electron chi connectivity index (χ0n) is 9.85. The number of benzene rings is 1. The zero-order valence-corrected chi connectivity index (χ0v) is 9.85. The first kappa shape index (κ1) is 11.4. The van der Waals surface area contributed by atoms with Gasteiger partial charge in [0.15, 0.2) is 11.6 Å². The van der Waals surface area contributed by atoms with Gasteiger partial charge in [-0.05, 0) is 32.3 Å². The van der Waals surface area contributed by atoms with Gasteiger partial charge in [-0.2, -0.15) is 0 Å². The summed E-state index contributed by atoms with van der Waals surface area (Å²) in [4.78, 5) is 0. The topological polar surface area (TPSA) is 21.3 Å². The minimum Gasteiger partial charge on any atom is -0.494 e. The Morgan fingerprint density at radius 3 is 2.75 bits per heavy atom. The van der Waals surface area contributed by atoms with E-state index in [1.54, 1.807) is 12.1 Å². The zero-order chi connectivity index (χ0) is 11.6. The molecule has 0 unspecified atom stereocenters. The van der Waals surface area contributed by atoms with Crippen LogP contribution in [0.4, 0.5) is 4.39 Å². The molecule has 3 heteroatoms. The van der Waals surface area contributed by atoms with Crippen molar-refractivity contribution in [1.82, 2.24) is 5.32 Å². The maximum Gasteiger partial charge on any atom is 0.169 e. The van der Waals surface area contributed by atoms with Crippen molar-refractivity contribution in [2.24, 2.45) is 0 Å². The third-order valence-corrected chi connectivity index (χ3v) is 3.43. The molecule has 2 rings (SSSR count). The summed E-state index contributed by atoms with van der Waals surface area (Å²) in [5.74, 6) is 0.0680. The second-order valence-electron chi connectivity index (χ2n) is 4.70. The first-order valence-electron chi connectivity index (χ1n) is 5.71. The van der Waals surface area contributed by atoms with E-state index in [2.05, 4.69) is 12.2 Å². The highest BCUT2D eigenvalue weighted by Crippen LogP contribution is 2.31. The van der Waals surface area contributed by atoms with Gasteiger partial charge in [-0.25, -0.2) is 4.39 Å². The van der Waals surface area contributed by atoms with E-state index in [4.69, 9.17) is 4.74 Å². The van der Waals surface area contributed by atoms with Gasteiger partial charge in [0.05, 0.1) is 7.11 Å². The Balaban J connectivity index is 2.03. The van der Waals surface area contributed by atoms with E-state index in [0.717, 1.165) is 0 Å². The van der Waals surface area contributed by atoms with Gasteiger partial charge in [-0.3, -0.25) is 0 Å². The van der Waals surface area contributed by atoms with Crippen LogP contribution in [0.2, 0.25) is 0 Å². The van der Waals surface area contributed by atoms with E-state index in [0.29, 0.717) is 17.9 Å². The van der Waals surface area contributed by atoms with Gasteiger partial charge >= 0.3 is 0 Å². The summed E-state index contributed by atoms with van der Waals surface area (Å²) in [6.45, 7) is 2.76. The maximum atomic E-state index is 13.8. The first-order chi connectivity index (χ1) is 7.64. The monoisotopic (exact) mass is 223 g/mol. The molecule has 1 N–H and O–H groups in total. The normalized spacial score (nSPS) is 17.9. The molecule has 0 heterocycles. The van der Waals surface area contributed by atoms with Gasteiger partial charge in [-0.1, -0.05) is 12.1 Å². The molecule has 1 saturated carbocycles. The summed E-state index contributed by atoms with van der Waals surface area (Å²) < 4.78 is 18.8. The minimum absolute atomic E-state index is 0.204. The van der Waals surface area contributed by atoms with Crippen LogP contribution in [0.15, 0.2) is 18.2 Å². The summed E-state index contributed by atoms with van der Waals surface area (Å²) >= 11 is 0. The number of nitrogens with one attached hydrogen (secondary N) is 1. The SMILES string of the molecule is COc1cccc(CNC2(C)CCC2)c1F. The summed E-state index contributed by atoms with van der Waals surface area (Å²) in [5, 5.41) is 3.41. The molecule has 0 bridgehead atoms. The second-order valence-corrected chi connectivity index (χ2v) is 4.70. The van der Waals surface area contributed by atoms with Crippen molar-refractivity contribution >= 4 is 0 Å². The molecule has 1 aliphatic rings. The molecule has 0 aliphatic heterocycles. The lowest BCUT2D eigenvalue weighted by atomic mass is 9.78. The lowest BCUT2D eigenvalue weighted by molar-refractivity contribution is 0.205. The minimum atomic E-state index is -0.250. The van der Waals surface area contributed by atoms with Crippen LogP contribution in [-0.4, -0.2) is 12.6 Å². The first-order valence-corrected chi connectivity index (χ1v) is 5.71. The van der Waals surface area contributed by atoms with E-state index >= 15 is 0 Å². The van der Waals surface area contributed by atoms with Gasteiger partial charge in [0.1, 0.15) is 0 Å². The fraction of sp³-hybridized carbons (Fsp3) is 0.538. The molecular weight excluding hydrogens is 205 g/mol. The van der Waals surface area contributed by atoms with Crippen molar-refractivity contribution in [2.45, 2.75) is 38.3 Å². The molecule has 0 radical (unpaired) electrons. The van der Waals surface area contributed by atoms with E-state index in [1.807, 2.05) is 6.07 Å². The van der Waals surface area contributed by atoms with Crippen LogP contribution in [0.25, 0.3) is 0 Å². The van der Waals surface area contributed by atoms with Gasteiger partial charge in [0.2, 0.25) is 0 Å². The van der Waals surface area contributed by atoms with Gasteiger partial charge in [-0.15, -0.1) is 0 Å². The van der Waals surface area contributed by atoms with Crippen LogP contribution in [-0.2, 0) is 6.54 Å². The molecule has 2 nitrogen and oxygen atoms in total. The molecule has 0 amide bonds. The van der Waals surface area contributed by atoms with E-state index in [1.165, 1.54) is 26.4 Å². The molecule has 1 aliphatic carbocycles. The number of ether oxygens (including phenoxy) is 1. The van der Waals surface area contributed by atoms with E-state index in [-0.39, 0.29) is 11.4 Å². The average molecular weight is 223 g/mol. The Morgan fingerprint density at radius 1 is 1.44 bits per heavy atom. The number of rotatable bonds is 4. The number of methoxy groups -OCH3 is 1. The largest absolute Gasteiger partial charge is 0.494 e. The quantitative estimate of drug-likeness (QED) is 0.847. The number of halogens is 1. The standard InChI is InChI=1S/C13H18FNO/c1-13(7-4-8-13)15-9-10-5-3-6-11(16-2)12(10)14/h3,5-6,15H,4,7-9H2,1-2H3. The Bertz CT molecular complexity index is 374. The smallest absolute Gasteiger partial charge is 0.169 e. The Hall–Kier alpha value is -1.09. The summed E-state index contributed by atoms with van der Waals surface area (Å²) in [6, 6.07) is 5.26. The average Bonchev–Trinajstić information content (AvgIpc) is 2.25. The van der Waals surface area contributed by atoms with Crippen LogP contribution in [0, 0.1) is 5.82 Å². The summed E-state index contributed by atoms with van der Waals surface area (Å²) in [6.07, 6.45) is 3.63. The predicted molar refractivity (Wildman–Crippen MR) is 62.0 cm³/mol. The number of hydrogen-bond donors (Lipinski definition) is 1. The lowest BCUT2D eigenvalue weighted by Gasteiger charge is -2.39. The molecule has 88 valence electrons. The molecule has 0 aromatic heterocycles. The number of hydrogen-bond acceptors (Lipinski definition) is 2. The van der Waals surface area contributed by atoms with Crippen LogP contribution < -0.4 is 10.1 Å². The molecule has 1 aromatic carbocycles. The van der Waals surface area contributed by atoms with Gasteiger partial charge in [0.25, 0.3) is 0 Å². The Morgan fingerprint density at radius 2 is 2.19 bits per heavy atom. The molecule has 16 heavy (non-hydrogen) atoms. The van der Waals surface area contributed by atoms with Gasteiger partial charge < -0.3 is 10.1 Å². The van der Waals surface area contributed by atoms with Crippen LogP contribution in [0.5, 0.6) is 5.75 Å². The highest BCUT2D eigenvalue weighted by molar-refractivity contribution is 5.31. The van der Waals surface area contributed by atoms with Crippen molar-refractivity contribution in [2.75, 3.05) is 7.11 Å². The Labute approximate surface area is 95.8 Å². The van der Waals surface area contributed by atoms with Crippen molar-refractivity contribution < 1.29 is 9.13 Å². The van der Waals surface area contributed by atoms with Crippen LogP contribution in [0.3, 0.4) is 0 Å².